The van der Waals surface area contributed by atoms with Crippen molar-refractivity contribution in [2.24, 2.45) is 0 Å². The van der Waals surface area contributed by atoms with Crippen molar-refractivity contribution in [3.63, 3.8) is 0 Å². The van der Waals surface area contributed by atoms with Crippen molar-refractivity contribution in [3.05, 3.63) is 53.8 Å². The van der Waals surface area contributed by atoms with E-state index in [4.69, 9.17) is 9.47 Å². The average molecular weight is 560 g/mol. The Hall–Kier alpha value is -3.39. The minimum Gasteiger partial charge on any atom is -0.490 e. The number of benzene rings is 2. The predicted molar refractivity (Wildman–Crippen MR) is 127 cm³/mol. The fraction of sp³-hybridized carbons (Fsp3) is 0.417. The first-order valence-electron chi connectivity index (χ1n) is 11.6. The van der Waals surface area contributed by atoms with E-state index >= 15 is 0 Å². The molecule has 38 heavy (non-hydrogen) atoms. The quantitative estimate of drug-likeness (QED) is 0.526. The average Bonchev–Trinajstić information content (AvgIpc) is 2.85. The molecule has 2 N–H and O–H groups in total. The molecule has 0 aromatic heterocycles. The summed E-state index contributed by atoms with van der Waals surface area (Å²) in [6.07, 6.45) is -5.30. The fourth-order valence-electron chi connectivity index (χ4n) is 4.40. The van der Waals surface area contributed by atoms with Gasteiger partial charge in [-0.1, -0.05) is 0 Å². The molecule has 4 rings (SSSR count). The Labute approximate surface area is 216 Å². The number of anilines is 1. The van der Waals surface area contributed by atoms with Crippen molar-refractivity contribution in [2.45, 2.75) is 48.6 Å². The van der Waals surface area contributed by atoms with Crippen molar-refractivity contribution in [2.75, 3.05) is 24.9 Å². The third-order valence-corrected chi connectivity index (χ3v) is 7.68. The van der Waals surface area contributed by atoms with E-state index in [0.29, 0.717) is 12.8 Å². The van der Waals surface area contributed by atoms with Gasteiger partial charge in [-0.05, 0) is 55.3 Å². The zero-order valence-electron chi connectivity index (χ0n) is 20.1. The Morgan fingerprint density at radius 2 is 1.84 bits per heavy atom. The van der Waals surface area contributed by atoms with Gasteiger partial charge in [0.1, 0.15) is 30.8 Å². The molecule has 1 saturated heterocycles. The second kappa shape index (κ2) is 10.8. The van der Waals surface area contributed by atoms with Crippen LogP contribution < -0.4 is 14.8 Å². The number of rotatable bonds is 6. The fourth-order valence-corrected chi connectivity index (χ4v) is 5.45. The molecule has 3 atom stereocenters. The monoisotopic (exact) mass is 559 g/mol. The van der Waals surface area contributed by atoms with E-state index in [9.17, 15) is 35.6 Å². The number of hydrogen-bond acceptors (Lipinski definition) is 6. The maximum Gasteiger partial charge on any atom is 0.405 e. The molecule has 14 heteroatoms. The molecule has 206 valence electrons. The van der Waals surface area contributed by atoms with Crippen LogP contribution in [0.2, 0.25) is 0 Å². The summed E-state index contributed by atoms with van der Waals surface area (Å²) >= 11 is 0. The van der Waals surface area contributed by atoms with Crippen LogP contribution in [-0.2, 0) is 19.6 Å². The van der Waals surface area contributed by atoms with E-state index in [-0.39, 0.29) is 34.9 Å². The third-order valence-electron chi connectivity index (χ3n) is 6.29. The number of carbonyl (C=O) groups excluding carboxylic acids is 2. The van der Waals surface area contributed by atoms with Crippen molar-refractivity contribution in [1.29, 1.82) is 0 Å². The largest absolute Gasteiger partial charge is 0.490 e. The minimum absolute atomic E-state index is 0.00336. The smallest absolute Gasteiger partial charge is 0.405 e. The Bertz CT molecular complexity index is 1300. The molecule has 2 aliphatic heterocycles. The molecule has 2 amide bonds. The highest BCUT2D eigenvalue weighted by molar-refractivity contribution is 7.92. The maximum atomic E-state index is 13.3. The van der Waals surface area contributed by atoms with Crippen LogP contribution in [0.25, 0.3) is 0 Å². The second-order valence-electron chi connectivity index (χ2n) is 9.03. The highest BCUT2D eigenvalue weighted by Crippen LogP contribution is 2.33. The Balaban J connectivity index is 1.46. The summed E-state index contributed by atoms with van der Waals surface area (Å²) in [5.41, 5.74) is 0.208. The molecule has 2 aromatic rings. The van der Waals surface area contributed by atoms with Crippen LogP contribution in [-0.4, -0.2) is 69.8 Å². The van der Waals surface area contributed by atoms with E-state index in [1.165, 1.54) is 23.1 Å². The van der Waals surface area contributed by atoms with Crippen LogP contribution in [0, 0.1) is 5.82 Å². The molecule has 2 heterocycles. The summed E-state index contributed by atoms with van der Waals surface area (Å²) in [6.45, 7) is -1.43. The lowest BCUT2D eigenvalue weighted by Gasteiger charge is -2.42. The van der Waals surface area contributed by atoms with Gasteiger partial charge in [-0.3, -0.25) is 14.3 Å². The van der Waals surface area contributed by atoms with Crippen molar-refractivity contribution < 1.29 is 45.0 Å². The number of halogens is 4. The van der Waals surface area contributed by atoms with Gasteiger partial charge in [0.05, 0.1) is 29.0 Å². The molecule has 0 aliphatic carbocycles. The van der Waals surface area contributed by atoms with Gasteiger partial charge in [-0.2, -0.15) is 13.2 Å². The first-order valence-corrected chi connectivity index (χ1v) is 13.1. The zero-order chi connectivity index (χ0) is 27.7. The number of hydrogen-bond donors (Lipinski definition) is 2. The summed E-state index contributed by atoms with van der Waals surface area (Å²) in [6, 6.07) is 7.99. The van der Waals surface area contributed by atoms with E-state index in [1.807, 2.05) is 5.32 Å². The van der Waals surface area contributed by atoms with Crippen LogP contribution >= 0.6 is 0 Å². The number of alkyl halides is 3. The topological polar surface area (TPSA) is 114 Å². The van der Waals surface area contributed by atoms with Gasteiger partial charge >= 0.3 is 6.18 Å². The molecular formula is C24H25F4N3O6S. The summed E-state index contributed by atoms with van der Waals surface area (Å²) in [7, 11) is -2.49. The highest BCUT2D eigenvalue weighted by atomic mass is 32.2. The van der Waals surface area contributed by atoms with E-state index in [1.54, 1.807) is 7.05 Å². The SMILES string of the molecule is CN1C(=O)c2cc(NS(=O)(=O)c3ccc(F)cc3)ccc2OC[C@H]2O[C@H](CC(=O)NCC(F)(F)F)CC[C@H]21. The van der Waals surface area contributed by atoms with Crippen molar-refractivity contribution in [1.82, 2.24) is 10.2 Å². The summed E-state index contributed by atoms with van der Waals surface area (Å²) in [4.78, 5) is 26.5. The lowest BCUT2D eigenvalue weighted by molar-refractivity contribution is -0.144. The number of carbonyl (C=O) groups is 2. The standard InChI is InChI=1S/C24H25F4N3O6S/c1-31-19-8-5-16(11-22(32)29-13-24(26,27)28)37-21(19)12-36-20-9-4-15(10-18(20)23(31)33)30-38(34,35)17-6-2-14(25)3-7-17/h2-4,6-7,9-10,16,19,21,30H,5,8,11-13H2,1H3,(H,29,32)/t16-,19+,21+/m0/s1. The zero-order valence-corrected chi connectivity index (χ0v) is 20.9. The first-order chi connectivity index (χ1) is 17.8. The Kier molecular flexibility index (Phi) is 7.83. The predicted octanol–water partition coefficient (Wildman–Crippen LogP) is 3.08. The van der Waals surface area contributed by atoms with Gasteiger partial charge in [0, 0.05) is 12.7 Å². The third kappa shape index (κ3) is 6.54. The summed E-state index contributed by atoms with van der Waals surface area (Å²) in [5, 5.41) is 1.82. The molecule has 0 radical (unpaired) electrons. The number of amides is 2. The number of sulfonamides is 1. The molecule has 9 nitrogen and oxygen atoms in total. The van der Waals surface area contributed by atoms with Gasteiger partial charge in [0.2, 0.25) is 5.91 Å². The summed E-state index contributed by atoms with van der Waals surface area (Å²) in [5.74, 6) is -1.65. The lowest BCUT2D eigenvalue weighted by atomic mass is 9.94. The molecule has 1 fully saturated rings. The molecule has 2 aromatic carbocycles. The van der Waals surface area contributed by atoms with E-state index in [0.717, 1.165) is 24.3 Å². The molecule has 2 aliphatic rings. The molecule has 0 spiro atoms. The maximum absolute atomic E-state index is 13.3. The van der Waals surface area contributed by atoms with Gasteiger partial charge in [-0.15, -0.1) is 0 Å². The van der Waals surface area contributed by atoms with Crippen molar-refractivity contribution >= 4 is 27.5 Å². The van der Waals surface area contributed by atoms with E-state index in [2.05, 4.69) is 4.72 Å². The Morgan fingerprint density at radius 1 is 1.13 bits per heavy atom. The van der Waals surface area contributed by atoms with Gasteiger partial charge in [0.15, 0.2) is 0 Å². The van der Waals surface area contributed by atoms with Gasteiger partial charge in [-0.25, -0.2) is 12.8 Å². The number of nitrogens with one attached hydrogen (secondary N) is 2. The van der Waals surface area contributed by atoms with Crippen LogP contribution in [0.1, 0.15) is 29.6 Å². The lowest BCUT2D eigenvalue weighted by Crippen LogP contribution is -2.54. The number of likely N-dealkylation sites (N-methyl/N-ethyl adjacent to an activating group) is 1. The van der Waals surface area contributed by atoms with Crippen molar-refractivity contribution in [3.8, 4) is 5.75 Å². The highest BCUT2D eigenvalue weighted by Gasteiger charge is 2.39. The molecule has 0 unspecified atom stereocenters. The molecular weight excluding hydrogens is 534 g/mol. The molecule has 0 saturated carbocycles. The number of fused-ring (bicyclic) bond motifs is 2. The van der Waals surface area contributed by atoms with Gasteiger partial charge in [0.25, 0.3) is 15.9 Å². The van der Waals surface area contributed by atoms with Crippen LogP contribution in [0.4, 0.5) is 23.2 Å². The number of nitrogens with zero attached hydrogens (tertiary/aromatic N) is 1. The van der Waals surface area contributed by atoms with Gasteiger partial charge < -0.3 is 19.7 Å². The molecule has 0 bridgehead atoms. The van der Waals surface area contributed by atoms with Crippen LogP contribution in [0.5, 0.6) is 5.75 Å². The van der Waals surface area contributed by atoms with Crippen LogP contribution in [0.3, 0.4) is 0 Å². The summed E-state index contributed by atoms with van der Waals surface area (Å²) < 4.78 is 89.7. The van der Waals surface area contributed by atoms with E-state index < -0.39 is 58.6 Å². The Morgan fingerprint density at radius 3 is 2.53 bits per heavy atom. The normalized spacial score (nSPS) is 21.9. The van der Waals surface area contributed by atoms with Crippen LogP contribution in [0.15, 0.2) is 47.4 Å². The minimum atomic E-state index is -4.52. The second-order valence-corrected chi connectivity index (χ2v) is 10.7. The number of ether oxygens (including phenoxy) is 2. The first kappa shape index (κ1) is 27.6.